The maximum Gasteiger partial charge on any atom is 0.339 e. The second-order valence-electron chi connectivity index (χ2n) is 5.60. The molecule has 0 aliphatic heterocycles. The number of aromatic nitrogens is 2. The third-order valence-corrected chi connectivity index (χ3v) is 3.99. The molecule has 0 atom stereocenters. The van der Waals surface area contributed by atoms with Crippen LogP contribution >= 0.6 is 11.6 Å². The van der Waals surface area contributed by atoms with E-state index in [4.69, 9.17) is 20.9 Å². The van der Waals surface area contributed by atoms with Crippen LogP contribution < -0.4 is 5.32 Å². The third-order valence-electron chi connectivity index (χ3n) is 3.74. The Kier molecular flexibility index (Phi) is 5.83. The minimum absolute atomic E-state index is 0.123. The summed E-state index contributed by atoms with van der Waals surface area (Å²) in [6.45, 7) is 0. The van der Waals surface area contributed by atoms with Crippen molar-refractivity contribution in [3.05, 3.63) is 65.0 Å². The lowest BCUT2D eigenvalue weighted by Gasteiger charge is -2.08. The van der Waals surface area contributed by atoms with Gasteiger partial charge >= 0.3 is 5.97 Å². The summed E-state index contributed by atoms with van der Waals surface area (Å²) in [5, 5.41) is 7.22. The molecule has 0 bridgehead atoms. The molecular formula is C19H16ClN3O4. The number of hydrogen-bond donors (Lipinski definition) is 1. The SMILES string of the molecule is COC(=O)c1ccccc1NC(=O)CCc1nc(-c2ccc(Cl)cc2)no1. The number of amides is 1. The van der Waals surface area contributed by atoms with Gasteiger partial charge in [0.15, 0.2) is 0 Å². The van der Waals surface area contributed by atoms with Gasteiger partial charge in [0.25, 0.3) is 0 Å². The van der Waals surface area contributed by atoms with Crippen molar-refractivity contribution < 1.29 is 18.8 Å². The van der Waals surface area contributed by atoms with E-state index in [0.29, 0.717) is 22.4 Å². The molecule has 1 amide bonds. The summed E-state index contributed by atoms with van der Waals surface area (Å²) in [7, 11) is 1.29. The van der Waals surface area contributed by atoms with Gasteiger partial charge in [-0.25, -0.2) is 4.79 Å². The Balaban J connectivity index is 1.60. The van der Waals surface area contributed by atoms with Crippen molar-refractivity contribution in [2.24, 2.45) is 0 Å². The summed E-state index contributed by atoms with van der Waals surface area (Å²) < 4.78 is 9.89. The molecule has 3 aromatic rings. The number of nitrogens with zero attached hydrogens (tertiary/aromatic N) is 2. The molecule has 1 N–H and O–H groups in total. The first kappa shape index (κ1) is 18.6. The average Bonchev–Trinajstić information content (AvgIpc) is 3.16. The Morgan fingerprint density at radius 1 is 1.15 bits per heavy atom. The number of benzene rings is 2. The molecule has 3 rings (SSSR count). The standard InChI is InChI=1S/C19H16ClN3O4/c1-26-19(25)14-4-2-3-5-15(14)21-16(24)10-11-17-22-18(23-27-17)12-6-8-13(20)9-7-12/h2-9H,10-11H2,1H3,(H,21,24). The Labute approximate surface area is 160 Å². The maximum atomic E-state index is 12.2. The summed E-state index contributed by atoms with van der Waals surface area (Å²) in [4.78, 5) is 28.2. The molecule has 7 nitrogen and oxygen atoms in total. The molecule has 0 aliphatic rings. The normalized spacial score (nSPS) is 10.4. The van der Waals surface area contributed by atoms with Gasteiger partial charge in [-0.3, -0.25) is 4.79 Å². The first-order valence-corrected chi connectivity index (χ1v) is 8.50. The van der Waals surface area contributed by atoms with Gasteiger partial charge in [-0.2, -0.15) is 4.98 Å². The van der Waals surface area contributed by atoms with E-state index in [9.17, 15) is 9.59 Å². The maximum absolute atomic E-state index is 12.2. The van der Waals surface area contributed by atoms with Crippen LogP contribution in [0, 0.1) is 0 Å². The number of methoxy groups -OCH3 is 1. The second kappa shape index (κ2) is 8.46. The Bertz CT molecular complexity index is 954. The molecule has 0 aliphatic carbocycles. The smallest absolute Gasteiger partial charge is 0.339 e. The van der Waals surface area contributed by atoms with E-state index >= 15 is 0 Å². The molecule has 0 fully saturated rings. The minimum Gasteiger partial charge on any atom is -0.465 e. The van der Waals surface area contributed by atoms with Crippen LogP contribution in [0.1, 0.15) is 22.7 Å². The summed E-state index contributed by atoms with van der Waals surface area (Å²) >= 11 is 5.86. The van der Waals surface area contributed by atoms with E-state index in [2.05, 4.69) is 15.5 Å². The van der Waals surface area contributed by atoms with Gasteiger partial charge in [-0.15, -0.1) is 0 Å². The number of nitrogens with one attached hydrogen (secondary N) is 1. The average molecular weight is 386 g/mol. The van der Waals surface area contributed by atoms with Gasteiger partial charge in [0.05, 0.1) is 18.4 Å². The molecule has 8 heteroatoms. The van der Waals surface area contributed by atoms with E-state index in [0.717, 1.165) is 5.56 Å². The quantitative estimate of drug-likeness (QED) is 0.649. The van der Waals surface area contributed by atoms with Gasteiger partial charge in [0.1, 0.15) is 0 Å². The fourth-order valence-electron chi connectivity index (χ4n) is 2.39. The first-order chi connectivity index (χ1) is 13.1. The van der Waals surface area contributed by atoms with Crippen LogP contribution in [0.15, 0.2) is 53.1 Å². The van der Waals surface area contributed by atoms with Crippen LogP contribution in [0.2, 0.25) is 5.02 Å². The van der Waals surface area contributed by atoms with E-state index < -0.39 is 5.97 Å². The first-order valence-electron chi connectivity index (χ1n) is 8.12. The summed E-state index contributed by atoms with van der Waals surface area (Å²) in [6, 6.07) is 13.7. The van der Waals surface area contributed by atoms with E-state index in [1.54, 1.807) is 48.5 Å². The molecule has 27 heavy (non-hydrogen) atoms. The van der Waals surface area contributed by atoms with Crippen LogP contribution in [-0.2, 0) is 16.0 Å². The monoisotopic (exact) mass is 385 g/mol. The van der Waals surface area contributed by atoms with Crippen molar-refractivity contribution >= 4 is 29.2 Å². The predicted octanol–water partition coefficient (Wildman–Crippen LogP) is 3.75. The van der Waals surface area contributed by atoms with Crippen LogP contribution in [0.3, 0.4) is 0 Å². The Morgan fingerprint density at radius 3 is 2.63 bits per heavy atom. The van der Waals surface area contributed by atoms with Crippen molar-refractivity contribution in [2.75, 3.05) is 12.4 Å². The van der Waals surface area contributed by atoms with Crippen LogP contribution in [0.5, 0.6) is 0 Å². The largest absolute Gasteiger partial charge is 0.465 e. The fraction of sp³-hybridized carbons (Fsp3) is 0.158. The molecule has 1 aromatic heterocycles. The highest BCUT2D eigenvalue weighted by atomic mass is 35.5. The molecule has 0 unspecified atom stereocenters. The minimum atomic E-state index is -0.518. The third kappa shape index (κ3) is 4.71. The molecule has 1 heterocycles. The predicted molar refractivity (Wildman–Crippen MR) is 99.5 cm³/mol. The number of esters is 1. The van der Waals surface area contributed by atoms with E-state index in [-0.39, 0.29) is 24.3 Å². The number of ether oxygens (including phenoxy) is 1. The highest BCUT2D eigenvalue weighted by Gasteiger charge is 2.15. The molecular weight excluding hydrogens is 370 g/mol. The highest BCUT2D eigenvalue weighted by molar-refractivity contribution is 6.30. The lowest BCUT2D eigenvalue weighted by Crippen LogP contribution is -2.15. The Hall–Kier alpha value is -3.19. The fourth-order valence-corrected chi connectivity index (χ4v) is 2.51. The van der Waals surface area contributed by atoms with Crippen molar-refractivity contribution in [1.29, 1.82) is 0 Å². The van der Waals surface area contributed by atoms with Gasteiger partial charge in [-0.1, -0.05) is 28.9 Å². The van der Waals surface area contributed by atoms with Crippen molar-refractivity contribution in [3.63, 3.8) is 0 Å². The van der Waals surface area contributed by atoms with Gasteiger partial charge in [-0.05, 0) is 36.4 Å². The number of hydrogen-bond acceptors (Lipinski definition) is 6. The molecule has 0 saturated carbocycles. The lowest BCUT2D eigenvalue weighted by atomic mass is 10.1. The summed E-state index contributed by atoms with van der Waals surface area (Å²) in [6.07, 6.45) is 0.393. The van der Waals surface area contributed by atoms with Crippen molar-refractivity contribution in [2.45, 2.75) is 12.8 Å². The van der Waals surface area contributed by atoms with Crippen LogP contribution in [0.4, 0.5) is 5.69 Å². The lowest BCUT2D eigenvalue weighted by molar-refractivity contribution is -0.116. The van der Waals surface area contributed by atoms with Crippen molar-refractivity contribution in [3.8, 4) is 11.4 Å². The number of halogens is 1. The van der Waals surface area contributed by atoms with Gasteiger partial charge in [0, 0.05) is 23.4 Å². The second-order valence-corrected chi connectivity index (χ2v) is 6.04. The van der Waals surface area contributed by atoms with Gasteiger partial charge in [0.2, 0.25) is 17.6 Å². The van der Waals surface area contributed by atoms with E-state index in [1.165, 1.54) is 7.11 Å². The van der Waals surface area contributed by atoms with Crippen LogP contribution in [-0.4, -0.2) is 29.1 Å². The number of carbonyl (C=O) groups is 2. The van der Waals surface area contributed by atoms with Gasteiger partial charge < -0.3 is 14.6 Å². The molecule has 138 valence electrons. The number of rotatable bonds is 6. The number of anilines is 1. The van der Waals surface area contributed by atoms with E-state index in [1.807, 2.05) is 0 Å². The zero-order valence-corrected chi connectivity index (χ0v) is 15.2. The zero-order chi connectivity index (χ0) is 19.2. The zero-order valence-electron chi connectivity index (χ0n) is 14.4. The summed E-state index contributed by atoms with van der Waals surface area (Å²) in [5.41, 5.74) is 1.45. The number of carbonyl (C=O) groups excluding carboxylic acids is 2. The molecule has 0 spiro atoms. The summed E-state index contributed by atoms with van der Waals surface area (Å²) in [5.74, 6) is -0.0255. The highest BCUT2D eigenvalue weighted by Crippen LogP contribution is 2.19. The molecule has 0 radical (unpaired) electrons. The Morgan fingerprint density at radius 2 is 1.89 bits per heavy atom. The molecule has 0 saturated heterocycles. The van der Waals surface area contributed by atoms with Crippen LogP contribution in [0.25, 0.3) is 11.4 Å². The number of aryl methyl sites for hydroxylation is 1. The number of para-hydroxylation sites is 1. The topological polar surface area (TPSA) is 94.3 Å². The molecule has 2 aromatic carbocycles. The van der Waals surface area contributed by atoms with Crippen molar-refractivity contribution in [1.82, 2.24) is 10.1 Å².